The maximum Gasteiger partial charge on any atom is 0.490 e. The van der Waals surface area contributed by atoms with Crippen LogP contribution in [0.3, 0.4) is 0 Å². The third kappa shape index (κ3) is 3.41. The fraction of sp³-hybridized carbons (Fsp3) is 0. The van der Waals surface area contributed by atoms with E-state index in [9.17, 15) is 10.0 Å². The molecule has 6 aromatic rings. The van der Waals surface area contributed by atoms with Crippen molar-refractivity contribution in [3.63, 3.8) is 0 Å². The van der Waals surface area contributed by atoms with Gasteiger partial charge in [-0.1, -0.05) is 97.1 Å². The van der Waals surface area contributed by atoms with E-state index >= 15 is 0 Å². The monoisotopic (exact) mass is 439 g/mol. The van der Waals surface area contributed by atoms with Crippen LogP contribution in [0.25, 0.3) is 49.7 Å². The lowest BCUT2D eigenvalue weighted by atomic mass is 9.77. The fourth-order valence-electron chi connectivity index (χ4n) is 4.85. The van der Waals surface area contributed by atoms with Crippen LogP contribution in [0.2, 0.25) is 0 Å². The molecule has 3 nitrogen and oxygen atoms in total. The maximum atomic E-state index is 10.5. The van der Waals surface area contributed by atoms with E-state index in [1.807, 2.05) is 72.8 Å². The van der Waals surface area contributed by atoms with Crippen LogP contribution in [0.1, 0.15) is 0 Å². The fourth-order valence-corrected chi connectivity index (χ4v) is 4.85. The van der Waals surface area contributed by atoms with Crippen molar-refractivity contribution in [3.8, 4) is 27.9 Å². The molecule has 0 saturated heterocycles. The Kier molecular flexibility index (Phi) is 5.03. The second-order valence-electron chi connectivity index (χ2n) is 8.47. The van der Waals surface area contributed by atoms with E-state index in [1.165, 1.54) is 0 Å². The van der Waals surface area contributed by atoms with Gasteiger partial charge in [0, 0.05) is 21.9 Å². The lowest BCUT2D eigenvalue weighted by Crippen LogP contribution is -2.31. The lowest BCUT2D eigenvalue weighted by Gasteiger charge is -2.14. The summed E-state index contributed by atoms with van der Waals surface area (Å²) in [5.74, 6) is 0. The van der Waals surface area contributed by atoms with Crippen molar-refractivity contribution < 1.29 is 10.0 Å². The van der Waals surface area contributed by atoms with Crippen molar-refractivity contribution in [1.29, 1.82) is 0 Å². The molecule has 0 aliphatic carbocycles. The minimum Gasteiger partial charge on any atom is -0.423 e. The zero-order valence-electron chi connectivity index (χ0n) is 18.5. The Morgan fingerprint density at radius 3 is 1.82 bits per heavy atom. The summed E-state index contributed by atoms with van der Waals surface area (Å²) in [6.07, 6.45) is 0. The summed E-state index contributed by atoms with van der Waals surface area (Å²) < 4.78 is 2.14. The molecule has 0 fully saturated rings. The van der Waals surface area contributed by atoms with Crippen LogP contribution >= 0.6 is 0 Å². The van der Waals surface area contributed by atoms with E-state index in [1.54, 1.807) is 0 Å². The molecule has 1 heterocycles. The molecule has 162 valence electrons. The van der Waals surface area contributed by atoms with Gasteiger partial charge < -0.3 is 14.6 Å². The van der Waals surface area contributed by atoms with E-state index in [0.29, 0.717) is 5.46 Å². The van der Waals surface area contributed by atoms with E-state index in [4.69, 9.17) is 0 Å². The highest BCUT2D eigenvalue weighted by molar-refractivity contribution is 6.62. The Labute approximate surface area is 198 Å². The van der Waals surface area contributed by atoms with Gasteiger partial charge in [0.05, 0.1) is 11.0 Å². The maximum absolute atomic E-state index is 10.5. The summed E-state index contributed by atoms with van der Waals surface area (Å²) in [7, 11) is -1.61. The van der Waals surface area contributed by atoms with Gasteiger partial charge in [-0.2, -0.15) is 0 Å². The number of nitrogens with zero attached hydrogens (tertiary/aromatic N) is 1. The average Bonchev–Trinajstić information content (AvgIpc) is 3.23. The molecule has 2 N–H and O–H groups in total. The van der Waals surface area contributed by atoms with Gasteiger partial charge in [0.2, 0.25) is 0 Å². The van der Waals surface area contributed by atoms with Crippen LogP contribution < -0.4 is 5.46 Å². The van der Waals surface area contributed by atoms with Crippen LogP contribution in [0.5, 0.6) is 0 Å². The summed E-state index contributed by atoms with van der Waals surface area (Å²) >= 11 is 0. The molecule has 0 spiro atoms. The highest BCUT2D eigenvalue weighted by atomic mass is 16.4. The van der Waals surface area contributed by atoms with E-state index in [2.05, 4.69) is 53.1 Å². The first-order valence-electron chi connectivity index (χ1n) is 11.4. The SMILES string of the molecule is OB(O)c1cc(-c2ccccc2)cc2c3ccccc3n(-c3cccc(-c4ccccc4)c3)c12. The molecule has 0 saturated carbocycles. The smallest absolute Gasteiger partial charge is 0.423 e. The number of fused-ring (bicyclic) bond motifs is 3. The minimum absolute atomic E-state index is 0.484. The molecule has 0 bridgehead atoms. The average molecular weight is 439 g/mol. The van der Waals surface area contributed by atoms with Crippen molar-refractivity contribution in [3.05, 3.63) is 121 Å². The molecule has 0 aliphatic rings. The molecule has 5 aromatic carbocycles. The summed E-state index contributed by atoms with van der Waals surface area (Å²) in [5.41, 5.74) is 7.52. The molecule has 34 heavy (non-hydrogen) atoms. The van der Waals surface area contributed by atoms with Gasteiger partial charge in [0.25, 0.3) is 0 Å². The van der Waals surface area contributed by atoms with Crippen molar-refractivity contribution >= 4 is 34.4 Å². The predicted molar refractivity (Wildman–Crippen MR) is 141 cm³/mol. The topological polar surface area (TPSA) is 45.4 Å². The summed E-state index contributed by atoms with van der Waals surface area (Å²) in [5, 5.41) is 23.0. The normalized spacial score (nSPS) is 11.2. The van der Waals surface area contributed by atoms with Crippen LogP contribution in [0.4, 0.5) is 0 Å². The van der Waals surface area contributed by atoms with Gasteiger partial charge >= 0.3 is 7.12 Å². The molecule has 4 heteroatoms. The number of hydrogen-bond acceptors (Lipinski definition) is 2. The molecule has 1 aromatic heterocycles. The molecule has 0 atom stereocenters. The molecular weight excluding hydrogens is 417 g/mol. The van der Waals surface area contributed by atoms with Crippen LogP contribution in [0, 0.1) is 0 Å². The first-order valence-corrected chi connectivity index (χ1v) is 11.4. The number of para-hydroxylation sites is 1. The summed E-state index contributed by atoms with van der Waals surface area (Å²) in [6.45, 7) is 0. The Morgan fingerprint density at radius 1 is 0.500 bits per heavy atom. The lowest BCUT2D eigenvalue weighted by molar-refractivity contribution is 0.426. The van der Waals surface area contributed by atoms with Gasteiger partial charge in [-0.3, -0.25) is 0 Å². The zero-order valence-corrected chi connectivity index (χ0v) is 18.5. The van der Waals surface area contributed by atoms with Crippen molar-refractivity contribution in [2.45, 2.75) is 0 Å². The largest absolute Gasteiger partial charge is 0.490 e. The molecule has 0 unspecified atom stereocenters. The second-order valence-corrected chi connectivity index (χ2v) is 8.47. The van der Waals surface area contributed by atoms with E-state index in [0.717, 1.165) is 49.7 Å². The third-order valence-electron chi connectivity index (χ3n) is 6.39. The molecule has 0 aliphatic heterocycles. The standard InChI is InChI=1S/C30H22BNO2/c33-31(34)28-20-24(22-12-5-2-6-13-22)19-27-26-16-7-8-17-29(26)32(30(27)28)25-15-9-14-23(18-25)21-10-3-1-4-11-21/h1-20,33-34H. The molecular formula is C30H22BNO2. The summed E-state index contributed by atoms with van der Waals surface area (Å²) in [4.78, 5) is 0. The molecule has 0 radical (unpaired) electrons. The Morgan fingerprint density at radius 2 is 1.12 bits per heavy atom. The van der Waals surface area contributed by atoms with E-state index < -0.39 is 7.12 Å². The van der Waals surface area contributed by atoms with Crippen LogP contribution in [-0.2, 0) is 0 Å². The minimum atomic E-state index is -1.61. The van der Waals surface area contributed by atoms with Gasteiger partial charge in [0.1, 0.15) is 0 Å². The summed E-state index contributed by atoms with van der Waals surface area (Å²) in [6, 6.07) is 40.9. The Hall–Kier alpha value is -4.12. The van der Waals surface area contributed by atoms with Gasteiger partial charge in [-0.05, 0) is 46.5 Å². The molecule has 0 amide bonds. The Bertz CT molecular complexity index is 1620. The third-order valence-corrected chi connectivity index (χ3v) is 6.39. The first kappa shape index (κ1) is 20.5. The van der Waals surface area contributed by atoms with Crippen molar-refractivity contribution in [2.75, 3.05) is 0 Å². The predicted octanol–water partition coefficient (Wildman–Crippen LogP) is 5.80. The number of rotatable bonds is 4. The number of aromatic nitrogens is 1. The van der Waals surface area contributed by atoms with Crippen molar-refractivity contribution in [1.82, 2.24) is 4.57 Å². The zero-order chi connectivity index (χ0) is 23.1. The second kappa shape index (κ2) is 8.34. The Balaban J connectivity index is 1.68. The van der Waals surface area contributed by atoms with Crippen LogP contribution in [0.15, 0.2) is 121 Å². The first-order chi connectivity index (χ1) is 16.7. The highest BCUT2D eigenvalue weighted by Crippen LogP contribution is 2.35. The van der Waals surface area contributed by atoms with E-state index in [-0.39, 0.29) is 0 Å². The number of hydrogen-bond donors (Lipinski definition) is 2. The highest BCUT2D eigenvalue weighted by Gasteiger charge is 2.23. The van der Waals surface area contributed by atoms with Gasteiger partial charge in [0.15, 0.2) is 0 Å². The van der Waals surface area contributed by atoms with Crippen molar-refractivity contribution in [2.24, 2.45) is 0 Å². The quantitative estimate of drug-likeness (QED) is 0.341. The van der Waals surface area contributed by atoms with Crippen LogP contribution in [-0.4, -0.2) is 21.7 Å². The van der Waals surface area contributed by atoms with Gasteiger partial charge in [-0.25, -0.2) is 0 Å². The van der Waals surface area contributed by atoms with Gasteiger partial charge in [-0.15, -0.1) is 0 Å². The number of benzene rings is 5. The molecule has 6 rings (SSSR count).